The lowest BCUT2D eigenvalue weighted by Crippen LogP contribution is -2.21. The third kappa shape index (κ3) is 3.86. The Bertz CT molecular complexity index is 1620. The first kappa shape index (κ1) is 21.6. The van der Waals surface area contributed by atoms with Gasteiger partial charge in [-0.05, 0) is 29.8 Å². The number of amides is 1. The molecule has 178 valence electrons. The molecule has 5 aromatic rings. The van der Waals surface area contributed by atoms with Crippen LogP contribution in [0.2, 0.25) is 0 Å². The number of fused-ring (bicyclic) bond motifs is 2. The summed E-state index contributed by atoms with van der Waals surface area (Å²) in [6.07, 6.45) is 12.2. The monoisotopic (exact) mass is 477 g/mol. The Morgan fingerprint density at radius 3 is 2.69 bits per heavy atom. The predicted octanol–water partition coefficient (Wildman–Crippen LogP) is 5.19. The Morgan fingerprint density at radius 1 is 0.972 bits per heavy atom. The largest absolute Gasteiger partial charge is 0.472 e. The Hall–Kier alpha value is -4.92. The van der Waals surface area contributed by atoms with Crippen LogP contribution in [-0.4, -0.2) is 25.8 Å². The van der Waals surface area contributed by atoms with Gasteiger partial charge in [0.15, 0.2) is 0 Å². The lowest BCUT2D eigenvalue weighted by atomic mass is 9.97. The lowest BCUT2D eigenvalue weighted by Gasteiger charge is -2.20. The number of carbonyl (C=O) groups is 1. The minimum atomic E-state index is -0.114. The van der Waals surface area contributed by atoms with Gasteiger partial charge in [-0.15, -0.1) is 0 Å². The number of hydrogen-bond acceptors (Lipinski definition) is 7. The number of benzene rings is 1. The predicted molar refractivity (Wildman–Crippen MR) is 139 cm³/mol. The average molecular weight is 478 g/mol. The first-order valence-corrected chi connectivity index (χ1v) is 11.6. The average Bonchev–Trinajstić information content (AvgIpc) is 3.58. The highest BCUT2D eigenvalue weighted by molar-refractivity contribution is 5.95. The van der Waals surface area contributed by atoms with E-state index >= 15 is 0 Å². The van der Waals surface area contributed by atoms with Gasteiger partial charge < -0.3 is 25.6 Å². The summed E-state index contributed by atoms with van der Waals surface area (Å²) in [6, 6.07) is 9.93. The molecule has 1 aromatic carbocycles. The second-order valence-electron chi connectivity index (χ2n) is 8.87. The van der Waals surface area contributed by atoms with Crippen molar-refractivity contribution < 1.29 is 9.21 Å². The summed E-state index contributed by atoms with van der Waals surface area (Å²) in [5.74, 6) is 0.553. The number of pyridine rings is 2. The van der Waals surface area contributed by atoms with E-state index in [1.807, 2.05) is 44.3 Å². The van der Waals surface area contributed by atoms with E-state index in [0.717, 1.165) is 50.1 Å². The molecule has 0 saturated heterocycles. The van der Waals surface area contributed by atoms with Crippen LogP contribution in [0.15, 0.2) is 78.3 Å². The molecular formula is C27H23N7O2. The zero-order valence-corrected chi connectivity index (χ0v) is 19.7. The van der Waals surface area contributed by atoms with Gasteiger partial charge in [0.2, 0.25) is 5.91 Å². The van der Waals surface area contributed by atoms with Gasteiger partial charge in [-0.1, -0.05) is 19.9 Å². The van der Waals surface area contributed by atoms with Gasteiger partial charge in [-0.2, -0.15) is 0 Å². The number of furan rings is 1. The van der Waals surface area contributed by atoms with Crippen LogP contribution >= 0.6 is 0 Å². The van der Waals surface area contributed by atoms with E-state index in [0.29, 0.717) is 11.5 Å². The molecule has 0 bridgehead atoms. The van der Waals surface area contributed by atoms with Gasteiger partial charge in [-0.3, -0.25) is 14.8 Å². The van der Waals surface area contributed by atoms with Crippen LogP contribution < -0.4 is 16.2 Å². The quantitative estimate of drug-likeness (QED) is 0.275. The summed E-state index contributed by atoms with van der Waals surface area (Å²) in [4.78, 5) is 29.2. The van der Waals surface area contributed by atoms with Crippen molar-refractivity contribution in [2.45, 2.75) is 13.8 Å². The van der Waals surface area contributed by atoms with Crippen molar-refractivity contribution in [1.82, 2.24) is 25.4 Å². The Labute approximate surface area is 206 Å². The van der Waals surface area contributed by atoms with E-state index in [9.17, 15) is 4.79 Å². The number of anilines is 2. The number of imidazole rings is 1. The molecular weight excluding hydrogens is 454 g/mol. The summed E-state index contributed by atoms with van der Waals surface area (Å²) in [5, 5.41) is 2.92. The third-order valence-corrected chi connectivity index (χ3v) is 6.08. The minimum Gasteiger partial charge on any atom is -0.472 e. The summed E-state index contributed by atoms with van der Waals surface area (Å²) in [7, 11) is 0. The highest BCUT2D eigenvalue weighted by Crippen LogP contribution is 2.36. The van der Waals surface area contributed by atoms with Crippen LogP contribution in [0.4, 0.5) is 11.4 Å². The highest BCUT2D eigenvalue weighted by Gasteiger charge is 2.20. The smallest absolute Gasteiger partial charge is 0.226 e. The summed E-state index contributed by atoms with van der Waals surface area (Å²) in [5.41, 5.74) is 15.1. The molecule has 9 nitrogen and oxygen atoms in total. The molecule has 1 aliphatic rings. The zero-order valence-electron chi connectivity index (χ0n) is 19.7. The van der Waals surface area contributed by atoms with E-state index in [1.54, 1.807) is 37.3 Å². The number of aromatic amines is 1. The maximum absolute atomic E-state index is 12.1. The number of carbonyl (C=O) groups excluding carboxylic acids is 1. The van der Waals surface area contributed by atoms with Crippen LogP contribution in [-0.2, 0) is 4.79 Å². The SMILES string of the molecule is CC(C)C(=O)Nc1cncc(-c2ccc3c(c2)C(c2nc4c(-c5ccoc5)cncc4[nH]2)=CNN3)c1. The van der Waals surface area contributed by atoms with E-state index in [1.165, 1.54) is 0 Å². The molecule has 0 saturated carbocycles. The second kappa shape index (κ2) is 8.70. The Balaban J connectivity index is 1.39. The standard InChI is InChI=1S/C27H23N7O2/c1-15(2)27(35)31-19-7-18(9-28-10-19)16-3-4-23-20(8-16)22(12-30-34-23)26-32-24-13-29-11-21(25(24)33-26)17-5-6-36-14-17/h3-15,30,34H,1-2H3,(H,31,35)(H,32,33). The van der Waals surface area contributed by atoms with Gasteiger partial charge in [0, 0.05) is 52.3 Å². The van der Waals surface area contributed by atoms with Crippen molar-refractivity contribution in [2.24, 2.45) is 5.92 Å². The molecule has 0 aliphatic carbocycles. The number of aromatic nitrogens is 4. The molecule has 1 aliphatic heterocycles. The van der Waals surface area contributed by atoms with E-state index in [4.69, 9.17) is 9.40 Å². The Kier molecular flexibility index (Phi) is 5.22. The summed E-state index contributed by atoms with van der Waals surface area (Å²) < 4.78 is 5.26. The molecule has 0 spiro atoms. The van der Waals surface area contributed by atoms with Crippen molar-refractivity contribution in [3.05, 3.63) is 85.2 Å². The molecule has 1 amide bonds. The van der Waals surface area contributed by atoms with Gasteiger partial charge in [-0.25, -0.2) is 4.98 Å². The number of hydrogen-bond donors (Lipinski definition) is 4. The normalized spacial score (nSPS) is 12.6. The zero-order chi connectivity index (χ0) is 24.6. The van der Waals surface area contributed by atoms with Crippen LogP contribution in [0.25, 0.3) is 38.9 Å². The van der Waals surface area contributed by atoms with Crippen LogP contribution in [0.3, 0.4) is 0 Å². The number of hydrazine groups is 1. The van der Waals surface area contributed by atoms with Gasteiger partial charge in [0.05, 0.1) is 41.8 Å². The van der Waals surface area contributed by atoms with Crippen molar-refractivity contribution >= 4 is 33.9 Å². The van der Waals surface area contributed by atoms with Gasteiger partial charge in [0.25, 0.3) is 0 Å². The first-order valence-electron chi connectivity index (χ1n) is 11.6. The fraction of sp³-hybridized carbons (Fsp3) is 0.111. The van der Waals surface area contributed by atoms with Crippen LogP contribution in [0, 0.1) is 5.92 Å². The van der Waals surface area contributed by atoms with E-state index in [2.05, 4.69) is 37.2 Å². The number of nitrogens with one attached hydrogen (secondary N) is 4. The van der Waals surface area contributed by atoms with Crippen molar-refractivity contribution in [3.8, 4) is 22.3 Å². The molecule has 9 heteroatoms. The minimum absolute atomic E-state index is 0.0472. The van der Waals surface area contributed by atoms with Crippen molar-refractivity contribution in [2.75, 3.05) is 10.7 Å². The van der Waals surface area contributed by atoms with Crippen LogP contribution in [0.1, 0.15) is 25.2 Å². The first-order chi connectivity index (χ1) is 17.6. The molecule has 0 radical (unpaired) electrons. The fourth-order valence-corrected chi connectivity index (χ4v) is 4.16. The molecule has 4 N–H and O–H groups in total. The maximum atomic E-state index is 12.1. The van der Waals surface area contributed by atoms with Gasteiger partial charge >= 0.3 is 0 Å². The summed E-state index contributed by atoms with van der Waals surface area (Å²) >= 11 is 0. The van der Waals surface area contributed by atoms with Crippen molar-refractivity contribution in [1.29, 1.82) is 0 Å². The van der Waals surface area contributed by atoms with Crippen molar-refractivity contribution in [3.63, 3.8) is 0 Å². The number of rotatable bonds is 5. The van der Waals surface area contributed by atoms with Gasteiger partial charge in [0.1, 0.15) is 11.3 Å². The molecule has 4 aromatic heterocycles. The second-order valence-corrected chi connectivity index (χ2v) is 8.87. The molecule has 5 heterocycles. The Morgan fingerprint density at radius 2 is 1.86 bits per heavy atom. The van der Waals surface area contributed by atoms with E-state index in [-0.39, 0.29) is 11.8 Å². The molecule has 0 unspecified atom stereocenters. The number of H-pyrrole nitrogens is 1. The molecule has 6 rings (SSSR count). The van der Waals surface area contributed by atoms with E-state index < -0.39 is 0 Å². The number of nitrogens with zero attached hydrogens (tertiary/aromatic N) is 3. The topological polar surface area (TPSA) is 121 Å². The molecule has 0 atom stereocenters. The highest BCUT2D eigenvalue weighted by atomic mass is 16.3. The third-order valence-electron chi connectivity index (χ3n) is 6.08. The summed E-state index contributed by atoms with van der Waals surface area (Å²) in [6.45, 7) is 3.72. The lowest BCUT2D eigenvalue weighted by molar-refractivity contribution is -0.118. The molecule has 36 heavy (non-hydrogen) atoms. The van der Waals surface area contributed by atoms with Crippen LogP contribution in [0.5, 0.6) is 0 Å². The fourth-order valence-electron chi connectivity index (χ4n) is 4.16. The molecule has 0 fully saturated rings. The maximum Gasteiger partial charge on any atom is 0.226 e.